The van der Waals surface area contributed by atoms with Crippen molar-refractivity contribution < 1.29 is 4.79 Å². The minimum absolute atomic E-state index is 0.0746. The Labute approximate surface area is 89.9 Å². The molecule has 2 rings (SSSR count). The third-order valence-electron chi connectivity index (χ3n) is 2.17. The average Bonchev–Trinajstić information content (AvgIpc) is 2.65. The van der Waals surface area contributed by atoms with E-state index in [0.717, 1.165) is 0 Å². The molecule has 0 aliphatic rings. The van der Waals surface area contributed by atoms with Crippen molar-refractivity contribution in [3.8, 4) is 0 Å². The van der Waals surface area contributed by atoms with E-state index in [9.17, 15) is 9.59 Å². The zero-order valence-electron chi connectivity index (χ0n) is 8.84. The second-order valence-electron chi connectivity index (χ2n) is 3.24. The topological polar surface area (TPSA) is 94.7 Å². The van der Waals surface area contributed by atoms with Crippen molar-refractivity contribution in [1.29, 1.82) is 0 Å². The Morgan fingerprint density at radius 2 is 2.31 bits per heavy atom. The summed E-state index contributed by atoms with van der Waals surface area (Å²) in [4.78, 5) is 27.0. The van der Waals surface area contributed by atoms with Crippen LogP contribution in [0.2, 0.25) is 0 Å². The summed E-state index contributed by atoms with van der Waals surface area (Å²) in [5.74, 6) is -0.271. The number of aromatic nitrogens is 5. The number of carbonyl (C=O) groups excluding carboxylic acids is 1. The molecule has 16 heavy (non-hydrogen) atoms. The Balaban J connectivity index is 2.53. The standard InChI is InChI=1S/C8H10N6O2/c1-9-5(15)3-14-4-10-7-6(8(14)16)11-12-13(7)2/h4H,3H2,1-2H3,(H,9,15). The normalized spacial score (nSPS) is 10.6. The fourth-order valence-corrected chi connectivity index (χ4v) is 1.29. The molecule has 8 nitrogen and oxygen atoms in total. The van der Waals surface area contributed by atoms with Crippen molar-refractivity contribution in [3.05, 3.63) is 16.7 Å². The van der Waals surface area contributed by atoms with E-state index in [-0.39, 0.29) is 23.5 Å². The highest BCUT2D eigenvalue weighted by Gasteiger charge is 2.11. The number of amides is 1. The van der Waals surface area contributed by atoms with Crippen molar-refractivity contribution in [2.24, 2.45) is 7.05 Å². The molecular formula is C8H10N6O2. The molecule has 84 valence electrons. The molecule has 0 saturated carbocycles. The quantitative estimate of drug-likeness (QED) is 0.651. The largest absolute Gasteiger partial charge is 0.358 e. The molecule has 0 fully saturated rings. The molecule has 0 aromatic carbocycles. The summed E-state index contributed by atoms with van der Waals surface area (Å²) in [5.41, 5.74) is 0.189. The summed E-state index contributed by atoms with van der Waals surface area (Å²) >= 11 is 0. The number of nitrogens with one attached hydrogen (secondary N) is 1. The fourth-order valence-electron chi connectivity index (χ4n) is 1.29. The van der Waals surface area contributed by atoms with Crippen molar-refractivity contribution >= 4 is 17.1 Å². The maximum absolute atomic E-state index is 11.8. The number of fused-ring (bicyclic) bond motifs is 1. The van der Waals surface area contributed by atoms with Crippen LogP contribution in [0.1, 0.15) is 0 Å². The van der Waals surface area contributed by atoms with E-state index < -0.39 is 0 Å². The van der Waals surface area contributed by atoms with Gasteiger partial charge in [0.15, 0.2) is 11.2 Å². The molecule has 2 aromatic heterocycles. The molecule has 0 aliphatic heterocycles. The van der Waals surface area contributed by atoms with Gasteiger partial charge in [0, 0.05) is 14.1 Å². The van der Waals surface area contributed by atoms with E-state index in [2.05, 4.69) is 20.6 Å². The SMILES string of the molecule is CNC(=O)Cn1cnc2c(nnn2C)c1=O. The van der Waals surface area contributed by atoms with Crippen LogP contribution in [-0.4, -0.2) is 37.5 Å². The van der Waals surface area contributed by atoms with Crippen LogP contribution in [0.25, 0.3) is 11.2 Å². The highest BCUT2D eigenvalue weighted by atomic mass is 16.2. The molecule has 1 N–H and O–H groups in total. The third kappa shape index (κ3) is 1.53. The van der Waals surface area contributed by atoms with Crippen LogP contribution in [0.3, 0.4) is 0 Å². The molecule has 0 saturated heterocycles. The van der Waals surface area contributed by atoms with E-state index in [4.69, 9.17) is 0 Å². The molecule has 8 heteroatoms. The van der Waals surface area contributed by atoms with Gasteiger partial charge in [-0.1, -0.05) is 5.21 Å². The first-order chi connectivity index (χ1) is 7.63. The molecule has 2 heterocycles. The van der Waals surface area contributed by atoms with E-state index in [1.54, 1.807) is 7.05 Å². The van der Waals surface area contributed by atoms with Gasteiger partial charge in [0.05, 0.1) is 0 Å². The van der Waals surface area contributed by atoms with E-state index >= 15 is 0 Å². The summed E-state index contributed by atoms with van der Waals surface area (Å²) in [6.07, 6.45) is 1.31. The van der Waals surface area contributed by atoms with Crippen molar-refractivity contribution in [2.75, 3.05) is 7.05 Å². The highest BCUT2D eigenvalue weighted by Crippen LogP contribution is 1.98. The Hall–Kier alpha value is -2.25. The summed E-state index contributed by atoms with van der Waals surface area (Å²) in [6, 6.07) is 0. The number of hydrogen-bond acceptors (Lipinski definition) is 5. The zero-order chi connectivity index (χ0) is 11.7. The molecular weight excluding hydrogens is 212 g/mol. The fraction of sp³-hybridized carbons (Fsp3) is 0.375. The number of likely N-dealkylation sites (N-methyl/N-ethyl adjacent to an activating group) is 1. The van der Waals surface area contributed by atoms with Gasteiger partial charge in [0.25, 0.3) is 5.56 Å². The molecule has 0 unspecified atom stereocenters. The number of aryl methyl sites for hydroxylation is 1. The second kappa shape index (κ2) is 3.72. The number of carbonyl (C=O) groups is 1. The molecule has 2 aromatic rings. The lowest BCUT2D eigenvalue weighted by Crippen LogP contribution is -2.30. The lowest BCUT2D eigenvalue weighted by molar-refractivity contribution is -0.121. The van der Waals surface area contributed by atoms with Gasteiger partial charge in [0.1, 0.15) is 12.9 Å². The molecule has 0 bridgehead atoms. The van der Waals surface area contributed by atoms with Crippen molar-refractivity contribution in [3.63, 3.8) is 0 Å². The first-order valence-electron chi connectivity index (χ1n) is 4.59. The minimum atomic E-state index is -0.373. The van der Waals surface area contributed by atoms with Crippen LogP contribution in [0.4, 0.5) is 0 Å². The molecule has 0 atom stereocenters. The van der Waals surface area contributed by atoms with Crippen molar-refractivity contribution in [2.45, 2.75) is 6.54 Å². The van der Waals surface area contributed by atoms with E-state index in [0.29, 0.717) is 5.65 Å². The van der Waals surface area contributed by atoms with Crippen LogP contribution in [0.5, 0.6) is 0 Å². The zero-order valence-corrected chi connectivity index (χ0v) is 8.84. The maximum Gasteiger partial charge on any atom is 0.283 e. The summed E-state index contributed by atoms with van der Waals surface area (Å²) in [7, 11) is 3.15. The second-order valence-corrected chi connectivity index (χ2v) is 3.24. The van der Waals surface area contributed by atoms with E-state index in [1.807, 2.05) is 0 Å². The third-order valence-corrected chi connectivity index (χ3v) is 2.17. The predicted octanol–water partition coefficient (Wildman–Crippen LogP) is -1.73. The highest BCUT2D eigenvalue weighted by molar-refractivity contribution is 5.76. The smallest absolute Gasteiger partial charge is 0.283 e. The van der Waals surface area contributed by atoms with Crippen molar-refractivity contribution in [1.82, 2.24) is 29.9 Å². The average molecular weight is 222 g/mol. The van der Waals surface area contributed by atoms with Gasteiger partial charge >= 0.3 is 0 Å². The van der Waals surface area contributed by atoms with Crippen LogP contribution in [-0.2, 0) is 18.4 Å². The Morgan fingerprint density at radius 3 is 3.00 bits per heavy atom. The van der Waals surface area contributed by atoms with Gasteiger partial charge in [-0.3, -0.25) is 14.2 Å². The van der Waals surface area contributed by atoms with Gasteiger partial charge in [-0.2, -0.15) is 0 Å². The predicted molar refractivity (Wildman–Crippen MR) is 54.6 cm³/mol. The molecule has 1 amide bonds. The summed E-state index contributed by atoms with van der Waals surface area (Å²) in [6.45, 7) is -0.0746. The first kappa shape index (κ1) is 10.3. The van der Waals surface area contributed by atoms with Gasteiger partial charge in [-0.15, -0.1) is 5.10 Å². The minimum Gasteiger partial charge on any atom is -0.358 e. The number of rotatable bonds is 2. The van der Waals surface area contributed by atoms with E-state index in [1.165, 1.54) is 22.6 Å². The Kier molecular flexibility index (Phi) is 2.39. The number of hydrogen-bond donors (Lipinski definition) is 1. The lowest BCUT2D eigenvalue weighted by Gasteiger charge is -2.02. The summed E-state index contributed by atoms with van der Waals surface area (Å²) in [5, 5.41) is 9.81. The molecule has 0 radical (unpaired) electrons. The van der Waals surface area contributed by atoms with Gasteiger partial charge in [-0.05, 0) is 0 Å². The Bertz CT molecular complexity index is 598. The molecule has 0 aliphatic carbocycles. The van der Waals surface area contributed by atoms with Gasteiger partial charge in [-0.25, -0.2) is 9.67 Å². The lowest BCUT2D eigenvalue weighted by atomic mass is 10.5. The summed E-state index contributed by atoms with van der Waals surface area (Å²) < 4.78 is 2.59. The molecule has 0 spiro atoms. The first-order valence-corrected chi connectivity index (χ1v) is 4.59. The van der Waals surface area contributed by atoms with Crippen LogP contribution in [0, 0.1) is 0 Å². The van der Waals surface area contributed by atoms with Crippen LogP contribution < -0.4 is 10.9 Å². The number of nitrogens with zero attached hydrogens (tertiary/aromatic N) is 5. The maximum atomic E-state index is 11.8. The Morgan fingerprint density at radius 1 is 1.56 bits per heavy atom. The van der Waals surface area contributed by atoms with Crippen LogP contribution in [0.15, 0.2) is 11.1 Å². The monoisotopic (exact) mass is 222 g/mol. The van der Waals surface area contributed by atoms with Crippen LogP contribution >= 0.6 is 0 Å². The van der Waals surface area contributed by atoms with Gasteiger partial charge in [0.2, 0.25) is 5.91 Å². The van der Waals surface area contributed by atoms with Gasteiger partial charge < -0.3 is 5.32 Å².